The zero-order valence-electron chi connectivity index (χ0n) is 11.9. The lowest BCUT2D eigenvalue weighted by Crippen LogP contribution is -2.06. The summed E-state index contributed by atoms with van der Waals surface area (Å²) in [6.45, 7) is 9.76. The van der Waals surface area contributed by atoms with Crippen LogP contribution in [-0.4, -0.2) is 11.2 Å². The second kappa shape index (κ2) is 9.67. The molecule has 0 aromatic heterocycles. The predicted octanol–water partition coefficient (Wildman–Crippen LogP) is 4.29. The summed E-state index contributed by atoms with van der Waals surface area (Å²) in [5, 5.41) is 18.1. The van der Waals surface area contributed by atoms with Gasteiger partial charge in [0.1, 0.15) is 0 Å². The largest absolute Gasteiger partial charge is 0.389 e. The Morgan fingerprint density at radius 2 is 1.83 bits per heavy atom. The Hall–Kier alpha value is -1.33. The number of hydrogen-bond acceptors (Lipinski definition) is 2. The van der Waals surface area contributed by atoms with Crippen LogP contribution in [0.5, 0.6) is 0 Å². The van der Waals surface area contributed by atoms with Crippen LogP contribution < -0.4 is 0 Å². The summed E-state index contributed by atoms with van der Waals surface area (Å²) in [5.74, 6) is 0. The standard InChI is InChI=1S/C16H25NO/c1-13(2)16(18)11-10-15(4)8-5-7-14(3)9-6-12-17/h8-9,16,18H,1,5-7,10-11H2,2-4H3/b14-9+,15-8?. The van der Waals surface area contributed by atoms with E-state index in [2.05, 4.69) is 32.6 Å². The van der Waals surface area contributed by atoms with Crippen LogP contribution in [0.3, 0.4) is 0 Å². The van der Waals surface area contributed by atoms with Crippen LogP contribution in [0.1, 0.15) is 52.9 Å². The Balaban J connectivity index is 3.92. The van der Waals surface area contributed by atoms with E-state index in [1.54, 1.807) is 0 Å². The molecule has 0 aliphatic carbocycles. The summed E-state index contributed by atoms with van der Waals surface area (Å²) in [6, 6.07) is 2.11. The maximum absolute atomic E-state index is 9.62. The fourth-order valence-corrected chi connectivity index (χ4v) is 1.58. The van der Waals surface area contributed by atoms with Crippen LogP contribution >= 0.6 is 0 Å². The number of aliphatic hydroxyl groups excluding tert-OH is 1. The molecule has 100 valence electrons. The lowest BCUT2D eigenvalue weighted by atomic mass is 10.0. The molecule has 0 bridgehead atoms. The fraction of sp³-hybridized carbons (Fsp3) is 0.562. The van der Waals surface area contributed by atoms with Crippen LogP contribution in [0.2, 0.25) is 0 Å². The van der Waals surface area contributed by atoms with Crippen molar-refractivity contribution in [1.82, 2.24) is 0 Å². The normalized spacial score (nSPS) is 14.2. The van der Waals surface area contributed by atoms with Gasteiger partial charge in [-0.3, -0.25) is 0 Å². The van der Waals surface area contributed by atoms with Crippen molar-refractivity contribution in [2.24, 2.45) is 0 Å². The molecule has 0 saturated carbocycles. The molecule has 0 amide bonds. The molecule has 0 rings (SSSR count). The zero-order valence-corrected chi connectivity index (χ0v) is 11.9. The van der Waals surface area contributed by atoms with Gasteiger partial charge in [0, 0.05) is 0 Å². The van der Waals surface area contributed by atoms with Crippen LogP contribution in [-0.2, 0) is 0 Å². The molecule has 0 spiro atoms. The third-order valence-corrected chi connectivity index (χ3v) is 2.95. The molecule has 1 unspecified atom stereocenters. The number of hydrogen-bond donors (Lipinski definition) is 1. The molecule has 0 heterocycles. The van der Waals surface area contributed by atoms with Gasteiger partial charge in [-0.2, -0.15) is 5.26 Å². The van der Waals surface area contributed by atoms with Crippen molar-refractivity contribution in [3.8, 4) is 6.07 Å². The van der Waals surface area contributed by atoms with Crippen molar-refractivity contribution in [3.05, 3.63) is 35.5 Å². The first-order valence-electron chi connectivity index (χ1n) is 6.49. The lowest BCUT2D eigenvalue weighted by molar-refractivity contribution is 0.201. The van der Waals surface area contributed by atoms with E-state index in [1.807, 2.05) is 13.0 Å². The van der Waals surface area contributed by atoms with E-state index in [4.69, 9.17) is 5.26 Å². The van der Waals surface area contributed by atoms with Crippen LogP contribution in [0.4, 0.5) is 0 Å². The zero-order chi connectivity index (χ0) is 14.0. The van der Waals surface area contributed by atoms with Gasteiger partial charge in [-0.1, -0.05) is 35.5 Å². The van der Waals surface area contributed by atoms with Gasteiger partial charge in [0.15, 0.2) is 0 Å². The van der Waals surface area contributed by atoms with Crippen molar-refractivity contribution in [2.45, 2.75) is 59.0 Å². The van der Waals surface area contributed by atoms with Crippen molar-refractivity contribution >= 4 is 0 Å². The Labute approximate surface area is 111 Å². The molecule has 1 atom stereocenters. The first-order valence-corrected chi connectivity index (χ1v) is 6.49. The molecule has 0 aromatic carbocycles. The van der Waals surface area contributed by atoms with E-state index >= 15 is 0 Å². The molecule has 0 aromatic rings. The minimum atomic E-state index is -0.384. The minimum Gasteiger partial charge on any atom is -0.389 e. The summed E-state index contributed by atoms with van der Waals surface area (Å²) in [4.78, 5) is 0. The molecule has 0 aliphatic heterocycles. The highest BCUT2D eigenvalue weighted by Crippen LogP contribution is 2.14. The van der Waals surface area contributed by atoms with E-state index in [0.29, 0.717) is 6.42 Å². The first kappa shape index (κ1) is 16.7. The van der Waals surface area contributed by atoms with Gasteiger partial charge in [0.25, 0.3) is 0 Å². The predicted molar refractivity (Wildman–Crippen MR) is 77.0 cm³/mol. The lowest BCUT2D eigenvalue weighted by Gasteiger charge is -2.09. The fourth-order valence-electron chi connectivity index (χ4n) is 1.58. The van der Waals surface area contributed by atoms with E-state index in [0.717, 1.165) is 31.3 Å². The highest BCUT2D eigenvalue weighted by atomic mass is 16.3. The van der Waals surface area contributed by atoms with Gasteiger partial charge in [-0.05, 0) is 46.5 Å². The Morgan fingerprint density at radius 3 is 2.39 bits per heavy atom. The molecule has 0 radical (unpaired) electrons. The van der Waals surface area contributed by atoms with Crippen molar-refractivity contribution in [3.63, 3.8) is 0 Å². The molecular formula is C16H25NO. The topological polar surface area (TPSA) is 44.0 Å². The van der Waals surface area contributed by atoms with Gasteiger partial charge < -0.3 is 5.11 Å². The molecule has 0 aliphatic rings. The Morgan fingerprint density at radius 1 is 1.22 bits per heavy atom. The smallest absolute Gasteiger partial charge is 0.0747 e. The SMILES string of the molecule is C=C(C)C(O)CCC(C)=CCC/C(C)=C/CC#N. The average molecular weight is 247 g/mol. The quantitative estimate of drug-likeness (QED) is 0.650. The second-order valence-electron chi connectivity index (χ2n) is 4.90. The minimum absolute atomic E-state index is 0.384. The van der Waals surface area contributed by atoms with Crippen molar-refractivity contribution in [2.75, 3.05) is 0 Å². The molecule has 1 N–H and O–H groups in total. The highest BCUT2D eigenvalue weighted by Gasteiger charge is 2.03. The summed E-state index contributed by atoms with van der Waals surface area (Å²) in [7, 11) is 0. The second-order valence-corrected chi connectivity index (χ2v) is 4.90. The number of aliphatic hydroxyl groups is 1. The van der Waals surface area contributed by atoms with Gasteiger partial charge in [0.05, 0.1) is 18.6 Å². The highest BCUT2D eigenvalue weighted by molar-refractivity contribution is 5.06. The van der Waals surface area contributed by atoms with Gasteiger partial charge in [-0.15, -0.1) is 0 Å². The molecule has 0 saturated heterocycles. The average Bonchev–Trinajstić information content (AvgIpc) is 2.33. The summed E-state index contributed by atoms with van der Waals surface area (Å²) in [5.41, 5.74) is 3.41. The Kier molecular flexibility index (Phi) is 8.96. The monoisotopic (exact) mass is 247 g/mol. The van der Waals surface area contributed by atoms with Crippen LogP contribution in [0.15, 0.2) is 35.5 Å². The summed E-state index contributed by atoms with van der Waals surface area (Å²) < 4.78 is 0. The van der Waals surface area contributed by atoms with Gasteiger partial charge in [0.2, 0.25) is 0 Å². The number of allylic oxidation sites excluding steroid dienone is 4. The van der Waals surface area contributed by atoms with Crippen molar-refractivity contribution in [1.29, 1.82) is 5.26 Å². The van der Waals surface area contributed by atoms with E-state index in [9.17, 15) is 5.11 Å². The summed E-state index contributed by atoms with van der Waals surface area (Å²) in [6.07, 6.45) is 7.98. The van der Waals surface area contributed by atoms with E-state index < -0.39 is 0 Å². The van der Waals surface area contributed by atoms with E-state index in [1.165, 1.54) is 11.1 Å². The van der Waals surface area contributed by atoms with Gasteiger partial charge >= 0.3 is 0 Å². The number of rotatable bonds is 8. The molecule has 18 heavy (non-hydrogen) atoms. The number of nitrogens with zero attached hydrogens (tertiary/aromatic N) is 1. The molecule has 2 heteroatoms. The van der Waals surface area contributed by atoms with Crippen LogP contribution in [0, 0.1) is 11.3 Å². The maximum Gasteiger partial charge on any atom is 0.0747 e. The molecular weight excluding hydrogens is 222 g/mol. The molecule has 2 nitrogen and oxygen atoms in total. The third kappa shape index (κ3) is 8.78. The summed E-state index contributed by atoms with van der Waals surface area (Å²) >= 11 is 0. The Bertz CT molecular complexity index is 358. The van der Waals surface area contributed by atoms with Gasteiger partial charge in [-0.25, -0.2) is 0 Å². The van der Waals surface area contributed by atoms with Crippen LogP contribution in [0.25, 0.3) is 0 Å². The third-order valence-electron chi connectivity index (χ3n) is 2.95. The van der Waals surface area contributed by atoms with Crippen molar-refractivity contribution < 1.29 is 5.11 Å². The maximum atomic E-state index is 9.62. The van der Waals surface area contributed by atoms with E-state index in [-0.39, 0.29) is 6.10 Å². The first-order chi connectivity index (χ1) is 8.47. The number of nitriles is 1. The molecule has 0 fully saturated rings.